The highest BCUT2D eigenvalue weighted by molar-refractivity contribution is 9.09. The molecule has 1 saturated carbocycles. The highest BCUT2D eigenvalue weighted by Gasteiger charge is 2.42. The molecule has 1 aromatic heterocycles. The van der Waals surface area contributed by atoms with Crippen LogP contribution in [0.2, 0.25) is 0 Å². The SMILES string of the molecule is CC(C)n1cc(OCC2(CBr)CC2)cn1. The number of halogens is 1. The van der Waals surface area contributed by atoms with Gasteiger partial charge in [-0.1, -0.05) is 15.9 Å². The Labute approximate surface area is 98.9 Å². The lowest BCUT2D eigenvalue weighted by Gasteiger charge is -2.11. The summed E-state index contributed by atoms with van der Waals surface area (Å²) in [7, 11) is 0. The van der Waals surface area contributed by atoms with Gasteiger partial charge in [0.05, 0.1) is 19.0 Å². The Morgan fingerprint density at radius 1 is 1.60 bits per heavy atom. The summed E-state index contributed by atoms with van der Waals surface area (Å²) in [5.41, 5.74) is 0.403. The predicted octanol–water partition coefficient (Wildman–Crippen LogP) is 3.02. The highest BCUT2D eigenvalue weighted by Crippen LogP contribution is 2.47. The second kappa shape index (κ2) is 4.16. The molecule has 0 radical (unpaired) electrons. The van der Waals surface area contributed by atoms with E-state index in [9.17, 15) is 0 Å². The molecule has 15 heavy (non-hydrogen) atoms. The largest absolute Gasteiger partial charge is 0.490 e. The molecule has 2 rings (SSSR count). The number of ether oxygens (including phenoxy) is 1. The lowest BCUT2D eigenvalue weighted by molar-refractivity contribution is 0.251. The van der Waals surface area contributed by atoms with Crippen molar-refractivity contribution in [2.75, 3.05) is 11.9 Å². The zero-order valence-corrected chi connectivity index (χ0v) is 10.8. The average Bonchev–Trinajstić information content (AvgIpc) is 2.85. The van der Waals surface area contributed by atoms with E-state index in [0.29, 0.717) is 11.5 Å². The van der Waals surface area contributed by atoms with Crippen LogP contribution in [0, 0.1) is 5.41 Å². The minimum absolute atomic E-state index is 0.397. The van der Waals surface area contributed by atoms with Crippen LogP contribution >= 0.6 is 15.9 Å². The Morgan fingerprint density at radius 3 is 2.80 bits per heavy atom. The van der Waals surface area contributed by atoms with Crippen LogP contribution in [0.1, 0.15) is 32.7 Å². The van der Waals surface area contributed by atoms with Crippen molar-refractivity contribution in [1.29, 1.82) is 0 Å². The summed E-state index contributed by atoms with van der Waals surface area (Å²) >= 11 is 3.53. The van der Waals surface area contributed by atoms with Gasteiger partial charge in [0.2, 0.25) is 0 Å². The maximum absolute atomic E-state index is 5.74. The summed E-state index contributed by atoms with van der Waals surface area (Å²) in [6.07, 6.45) is 6.31. The Kier molecular flexibility index (Phi) is 3.05. The fraction of sp³-hybridized carbons (Fsp3) is 0.727. The van der Waals surface area contributed by atoms with Crippen LogP contribution in [0.5, 0.6) is 5.75 Å². The van der Waals surface area contributed by atoms with Crippen LogP contribution in [0.4, 0.5) is 0 Å². The lowest BCUT2D eigenvalue weighted by Crippen LogP contribution is -2.14. The minimum atomic E-state index is 0.397. The molecule has 0 bridgehead atoms. The molecule has 0 amide bonds. The number of rotatable bonds is 5. The van der Waals surface area contributed by atoms with Crippen LogP contribution in [0.3, 0.4) is 0 Å². The van der Waals surface area contributed by atoms with Gasteiger partial charge in [-0.3, -0.25) is 4.68 Å². The van der Waals surface area contributed by atoms with Crippen molar-refractivity contribution >= 4 is 15.9 Å². The van der Waals surface area contributed by atoms with Gasteiger partial charge >= 0.3 is 0 Å². The maximum Gasteiger partial charge on any atom is 0.157 e. The molecule has 0 aromatic carbocycles. The molecule has 0 unspecified atom stereocenters. The van der Waals surface area contributed by atoms with Gasteiger partial charge in [0, 0.05) is 16.8 Å². The number of aromatic nitrogens is 2. The third-order valence-corrected chi connectivity index (χ3v) is 4.08. The van der Waals surface area contributed by atoms with E-state index in [1.165, 1.54) is 12.8 Å². The molecule has 3 nitrogen and oxygen atoms in total. The van der Waals surface area contributed by atoms with Crippen molar-refractivity contribution in [1.82, 2.24) is 9.78 Å². The summed E-state index contributed by atoms with van der Waals surface area (Å²) in [5.74, 6) is 0.885. The molecule has 4 heteroatoms. The van der Waals surface area contributed by atoms with Crippen LogP contribution < -0.4 is 4.74 Å². The molecule has 0 N–H and O–H groups in total. The Morgan fingerprint density at radius 2 is 2.33 bits per heavy atom. The molecular weight excluding hydrogens is 256 g/mol. The summed E-state index contributed by atoms with van der Waals surface area (Å²) < 4.78 is 7.66. The lowest BCUT2D eigenvalue weighted by atomic mass is 10.2. The van der Waals surface area contributed by atoms with E-state index in [-0.39, 0.29) is 0 Å². The average molecular weight is 273 g/mol. The summed E-state index contributed by atoms with van der Waals surface area (Å²) in [6.45, 7) is 5.03. The number of alkyl halides is 1. The van der Waals surface area contributed by atoms with Crippen molar-refractivity contribution in [3.63, 3.8) is 0 Å². The van der Waals surface area contributed by atoms with Crippen LogP contribution in [-0.4, -0.2) is 21.7 Å². The number of hydrogen-bond donors (Lipinski definition) is 0. The molecule has 1 aliphatic rings. The normalized spacial score (nSPS) is 18.1. The first-order valence-corrected chi connectivity index (χ1v) is 6.50. The first kappa shape index (κ1) is 11.0. The standard InChI is InChI=1S/C11H17BrN2O/c1-9(2)14-6-10(5-13-14)15-8-11(7-12)3-4-11/h5-6,9H,3-4,7-8H2,1-2H3. The van der Waals surface area contributed by atoms with E-state index >= 15 is 0 Å². The third-order valence-electron chi connectivity index (χ3n) is 2.89. The van der Waals surface area contributed by atoms with Gasteiger partial charge in [-0.05, 0) is 26.7 Å². The Balaban J connectivity index is 1.88. The second-order valence-electron chi connectivity index (χ2n) is 4.67. The molecule has 1 aromatic rings. The molecule has 84 valence electrons. The molecule has 0 atom stereocenters. The third kappa shape index (κ3) is 2.54. The van der Waals surface area contributed by atoms with Gasteiger partial charge in [-0.2, -0.15) is 5.10 Å². The Hall–Kier alpha value is -0.510. The predicted molar refractivity (Wildman–Crippen MR) is 63.6 cm³/mol. The summed E-state index contributed by atoms with van der Waals surface area (Å²) in [4.78, 5) is 0. The second-order valence-corrected chi connectivity index (χ2v) is 5.23. The van der Waals surface area contributed by atoms with E-state index in [1.807, 2.05) is 10.9 Å². The molecule has 1 heterocycles. The molecular formula is C11H17BrN2O. The van der Waals surface area contributed by atoms with Crippen molar-refractivity contribution < 1.29 is 4.74 Å². The van der Waals surface area contributed by atoms with Gasteiger partial charge in [-0.15, -0.1) is 0 Å². The van der Waals surface area contributed by atoms with E-state index in [2.05, 4.69) is 34.9 Å². The number of hydrogen-bond acceptors (Lipinski definition) is 2. The zero-order chi connectivity index (χ0) is 10.9. The topological polar surface area (TPSA) is 27.1 Å². The van der Waals surface area contributed by atoms with Gasteiger partial charge in [0.25, 0.3) is 0 Å². The van der Waals surface area contributed by atoms with Crippen LogP contribution in [0.15, 0.2) is 12.4 Å². The summed E-state index contributed by atoms with van der Waals surface area (Å²) in [6, 6.07) is 0.397. The fourth-order valence-electron chi connectivity index (χ4n) is 1.41. The van der Waals surface area contributed by atoms with Gasteiger partial charge in [0.15, 0.2) is 5.75 Å². The van der Waals surface area contributed by atoms with E-state index in [1.54, 1.807) is 6.20 Å². The van der Waals surface area contributed by atoms with Crippen molar-refractivity contribution in [2.45, 2.75) is 32.7 Å². The van der Waals surface area contributed by atoms with Crippen LogP contribution in [0.25, 0.3) is 0 Å². The fourth-order valence-corrected chi connectivity index (χ4v) is 2.13. The molecule has 0 aliphatic heterocycles. The van der Waals surface area contributed by atoms with E-state index < -0.39 is 0 Å². The van der Waals surface area contributed by atoms with Crippen LogP contribution in [-0.2, 0) is 0 Å². The first-order valence-electron chi connectivity index (χ1n) is 5.38. The first-order chi connectivity index (χ1) is 7.15. The minimum Gasteiger partial charge on any atom is -0.490 e. The van der Waals surface area contributed by atoms with Crippen molar-refractivity contribution in [3.05, 3.63) is 12.4 Å². The molecule has 1 fully saturated rings. The molecule has 1 aliphatic carbocycles. The van der Waals surface area contributed by atoms with Gasteiger partial charge < -0.3 is 4.74 Å². The van der Waals surface area contributed by atoms with E-state index in [0.717, 1.165) is 17.7 Å². The summed E-state index contributed by atoms with van der Waals surface area (Å²) in [5, 5.41) is 5.28. The smallest absolute Gasteiger partial charge is 0.157 e. The highest BCUT2D eigenvalue weighted by atomic mass is 79.9. The van der Waals surface area contributed by atoms with E-state index in [4.69, 9.17) is 4.74 Å². The monoisotopic (exact) mass is 272 g/mol. The molecule has 0 saturated heterocycles. The molecule has 0 spiro atoms. The Bertz CT molecular complexity index is 331. The van der Waals surface area contributed by atoms with Crippen molar-refractivity contribution in [3.8, 4) is 5.75 Å². The zero-order valence-electron chi connectivity index (χ0n) is 9.24. The number of nitrogens with zero attached hydrogens (tertiary/aromatic N) is 2. The van der Waals surface area contributed by atoms with Gasteiger partial charge in [-0.25, -0.2) is 0 Å². The quantitative estimate of drug-likeness (QED) is 0.771. The maximum atomic E-state index is 5.74. The van der Waals surface area contributed by atoms with Gasteiger partial charge in [0.1, 0.15) is 0 Å². The van der Waals surface area contributed by atoms with Crippen molar-refractivity contribution in [2.24, 2.45) is 5.41 Å².